The average molecular weight is 368 g/mol. The molecule has 128 valence electrons. The number of hydrogen-bond donors (Lipinski definition) is 1. The van der Waals surface area contributed by atoms with Gasteiger partial charge in [-0.1, -0.05) is 18.5 Å². The number of rotatable bonds is 8. The van der Waals surface area contributed by atoms with Crippen molar-refractivity contribution in [3.63, 3.8) is 0 Å². The lowest BCUT2D eigenvalue weighted by Gasteiger charge is -2.15. The van der Waals surface area contributed by atoms with E-state index in [1.807, 2.05) is 31.2 Å². The van der Waals surface area contributed by atoms with Gasteiger partial charge in [-0.2, -0.15) is 0 Å². The number of thioether (sulfide) groups is 1. The van der Waals surface area contributed by atoms with Gasteiger partial charge in [-0.05, 0) is 55.0 Å². The molecular weight excluding hydrogens is 349 g/mol. The first-order valence-electron chi connectivity index (χ1n) is 7.67. The second-order valence-corrected chi connectivity index (χ2v) is 6.77. The van der Waals surface area contributed by atoms with Gasteiger partial charge in [-0.25, -0.2) is 4.39 Å². The maximum Gasteiger partial charge on any atom is 0.233 e. The Labute approximate surface area is 150 Å². The molecule has 0 saturated heterocycles. The fourth-order valence-corrected chi connectivity index (χ4v) is 3.09. The van der Waals surface area contributed by atoms with Crippen molar-refractivity contribution in [2.24, 2.45) is 0 Å². The SMILES string of the molecule is CCC(Sc1ccc(Cl)cc1)C(=O)NCCOc1ccc(F)cc1. The van der Waals surface area contributed by atoms with Gasteiger partial charge in [-0.15, -0.1) is 11.8 Å². The fraction of sp³-hybridized carbons (Fsp3) is 0.278. The van der Waals surface area contributed by atoms with E-state index < -0.39 is 0 Å². The maximum atomic E-state index is 12.8. The summed E-state index contributed by atoms with van der Waals surface area (Å²) in [5.41, 5.74) is 0. The topological polar surface area (TPSA) is 38.3 Å². The third-order valence-corrected chi connectivity index (χ3v) is 4.87. The van der Waals surface area contributed by atoms with Gasteiger partial charge in [0.05, 0.1) is 11.8 Å². The van der Waals surface area contributed by atoms with Crippen LogP contribution >= 0.6 is 23.4 Å². The number of nitrogens with one attached hydrogen (secondary N) is 1. The molecule has 0 fully saturated rings. The summed E-state index contributed by atoms with van der Waals surface area (Å²) in [6, 6.07) is 13.2. The Balaban J connectivity index is 1.75. The molecule has 0 saturated carbocycles. The van der Waals surface area contributed by atoms with Gasteiger partial charge < -0.3 is 10.1 Å². The fourth-order valence-electron chi connectivity index (χ4n) is 1.99. The number of benzene rings is 2. The lowest BCUT2D eigenvalue weighted by molar-refractivity contribution is -0.120. The van der Waals surface area contributed by atoms with Crippen LogP contribution < -0.4 is 10.1 Å². The quantitative estimate of drug-likeness (QED) is 0.549. The van der Waals surface area contributed by atoms with Crippen molar-refractivity contribution in [1.82, 2.24) is 5.32 Å². The molecule has 6 heteroatoms. The zero-order chi connectivity index (χ0) is 17.4. The van der Waals surface area contributed by atoms with Crippen LogP contribution in [0.5, 0.6) is 5.75 Å². The molecule has 0 bridgehead atoms. The summed E-state index contributed by atoms with van der Waals surface area (Å²) >= 11 is 7.37. The molecule has 0 radical (unpaired) electrons. The molecule has 1 amide bonds. The van der Waals surface area contributed by atoms with Crippen molar-refractivity contribution in [2.45, 2.75) is 23.5 Å². The molecule has 3 nitrogen and oxygen atoms in total. The van der Waals surface area contributed by atoms with Gasteiger partial charge >= 0.3 is 0 Å². The van der Waals surface area contributed by atoms with Crippen LogP contribution in [0.15, 0.2) is 53.4 Å². The van der Waals surface area contributed by atoms with Crippen molar-refractivity contribution in [1.29, 1.82) is 0 Å². The molecule has 0 aromatic heterocycles. The van der Waals surface area contributed by atoms with E-state index in [0.717, 1.165) is 11.3 Å². The van der Waals surface area contributed by atoms with E-state index in [1.165, 1.54) is 23.9 Å². The van der Waals surface area contributed by atoms with Crippen LogP contribution in [0.1, 0.15) is 13.3 Å². The highest BCUT2D eigenvalue weighted by molar-refractivity contribution is 8.00. The van der Waals surface area contributed by atoms with Crippen molar-refractivity contribution < 1.29 is 13.9 Å². The predicted octanol–water partition coefficient (Wildman–Crippen LogP) is 4.55. The third-order valence-electron chi connectivity index (χ3n) is 3.24. The zero-order valence-corrected chi connectivity index (χ0v) is 14.9. The maximum absolute atomic E-state index is 12.8. The minimum Gasteiger partial charge on any atom is -0.492 e. The average Bonchev–Trinajstić information content (AvgIpc) is 2.59. The molecule has 2 rings (SSSR count). The molecule has 0 aliphatic carbocycles. The molecule has 0 aliphatic rings. The molecule has 0 aliphatic heterocycles. The van der Waals surface area contributed by atoms with Gasteiger partial charge in [0.25, 0.3) is 0 Å². The van der Waals surface area contributed by atoms with Gasteiger partial charge in [-0.3, -0.25) is 4.79 Å². The van der Waals surface area contributed by atoms with E-state index in [0.29, 0.717) is 23.9 Å². The van der Waals surface area contributed by atoms with Crippen molar-refractivity contribution in [3.05, 3.63) is 59.4 Å². The Morgan fingerprint density at radius 3 is 2.50 bits per heavy atom. The van der Waals surface area contributed by atoms with Crippen LogP contribution in [-0.4, -0.2) is 24.3 Å². The monoisotopic (exact) mass is 367 g/mol. The summed E-state index contributed by atoms with van der Waals surface area (Å²) in [7, 11) is 0. The van der Waals surface area contributed by atoms with Gasteiger partial charge in [0, 0.05) is 9.92 Å². The Morgan fingerprint density at radius 1 is 1.21 bits per heavy atom. The van der Waals surface area contributed by atoms with Gasteiger partial charge in [0.2, 0.25) is 5.91 Å². The Kier molecular flexibility index (Phi) is 7.40. The highest BCUT2D eigenvalue weighted by Gasteiger charge is 2.17. The highest BCUT2D eigenvalue weighted by atomic mass is 35.5. The minimum absolute atomic E-state index is 0.0276. The van der Waals surface area contributed by atoms with Gasteiger partial charge in [0.15, 0.2) is 0 Å². The smallest absolute Gasteiger partial charge is 0.233 e. The number of amides is 1. The Morgan fingerprint density at radius 2 is 1.88 bits per heavy atom. The largest absolute Gasteiger partial charge is 0.492 e. The van der Waals surface area contributed by atoms with Crippen LogP contribution in [0.2, 0.25) is 5.02 Å². The molecule has 1 unspecified atom stereocenters. The summed E-state index contributed by atoms with van der Waals surface area (Å²) in [5.74, 6) is 0.244. The first-order chi connectivity index (χ1) is 11.6. The summed E-state index contributed by atoms with van der Waals surface area (Å²) < 4.78 is 18.2. The van der Waals surface area contributed by atoms with E-state index >= 15 is 0 Å². The molecule has 0 spiro atoms. The van der Waals surface area contributed by atoms with Crippen molar-refractivity contribution >= 4 is 29.3 Å². The first kappa shape index (κ1) is 18.6. The lowest BCUT2D eigenvalue weighted by Crippen LogP contribution is -2.35. The molecule has 2 aromatic carbocycles. The molecule has 2 aromatic rings. The molecule has 24 heavy (non-hydrogen) atoms. The van der Waals surface area contributed by atoms with Crippen LogP contribution in [-0.2, 0) is 4.79 Å². The standard InChI is InChI=1S/C18H19ClFNO2S/c1-2-17(24-16-9-3-13(19)4-10-16)18(22)21-11-12-23-15-7-5-14(20)6-8-15/h3-10,17H,2,11-12H2,1H3,(H,21,22). The van der Waals surface area contributed by atoms with E-state index in [1.54, 1.807) is 12.1 Å². The van der Waals surface area contributed by atoms with E-state index in [4.69, 9.17) is 16.3 Å². The van der Waals surface area contributed by atoms with Crippen molar-refractivity contribution in [2.75, 3.05) is 13.2 Å². The second-order valence-electron chi connectivity index (χ2n) is 5.06. The van der Waals surface area contributed by atoms with E-state index in [-0.39, 0.29) is 17.0 Å². The van der Waals surface area contributed by atoms with Gasteiger partial charge in [0.1, 0.15) is 18.2 Å². The predicted molar refractivity (Wildman–Crippen MR) is 96.3 cm³/mol. The molecule has 0 heterocycles. The number of carbonyl (C=O) groups is 1. The molecule has 1 atom stereocenters. The number of ether oxygens (including phenoxy) is 1. The highest BCUT2D eigenvalue weighted by Crippen LogP contribution is 2.26. The minimum atomic E-state index is -0.305. The van der Waals surface area contributed by atoms with Crippen LogP contribution in [0.4, 0.5) is 4.39 Å². The van der Waals surface area contributed by atoms with Crippen molar-refractivity contribution in [3.8, 4) is 5.75 Å². The van der Waals surface area contributed by atoms with E-state index in [2.05, 4.69) is 5.32 Å². The summed E-state index contributed by atoms with van der Waals surface area (Å²) in [4.78, 5) is 13.2. The number of halogens is 2. The van der Waals surface area contributed by atoms with E-state index in [9.17, 15) is 9.18 Å². The summed E-state index contributed by atoms with van der Waals surface area (Å²) in [5, 5.41) is 3.37. The normalized spacial score (nSPS) is 11.8. The summed E-state index contributed by atoms with van der Waals surface area (Å²) in [6.07, 6.45) is 0.720. The third kappa shape index (κ3) is 6.06. The number of hydrogen-bond acceptors (Lipinski definition) is 3. The Hall–Kier alpha value is -1.72. The zero-order valence-electron chi connectivity index (χ0n) is 13.3. The molecular formula is C18H19ClFNO2S. The lowest BCUT2D eigenvalue weighted by atomic mass is 10.3. The Bertz CT molecular complexity index is 649. The van der Waals surface area contributed by atoms with Crippen LogP contribution in [0.25, 0.3) is 0 Å². The molecule has 1 N–H and O–H groups in total. The van der Waals surface area contributed by atoms with Crippen LogP contribution in [0, 0.1) is 5.82 Å². The summed E-state index contributed by atoms with van der Waals surface area (Å²) in [6.45, 7) is 2.70. The number of carbonyl (C=O) groups excluding carboxylic acids is 1. The van der Waals surface area contributed by atoms with Crippen LogP contribution in [0.3, 0.4) is 0 Å². The first-order valence-corrected chi connectivity index (χ1v) is 8.92. The second kappa shape index (κ2) is 9.55.